The molecule has 0 amide bonds. The van der Waals surface area contributed by atoms with Gasteiger partial charge in [0.1, 0.15) is 0 Å². The lowest BCUT2D eigenvalue weighted by Gasteiger charge is -2.21. The van der Waals surface area contributed by atoms with Crippen molar-refractivity contribution in [1.82, 2.24) is 0 Å². The first-order chi connectivity index (χ1) is 8.45. The summed E-state index contributed by atoms with van der Waals surface area (Å²) in [6, 6.07) is 8.56. The van der Waals surface area contributed by atoms with Crippen molar-refractivity contribution in [3.63, 3.8) is 0 Å². The minimum absolute atomic E-state index is 0.266. The van der Waals surface area contributed by atoms with E-state index < -0.39 is 12.2 Å². The first kappa shape index (κ1) is 15.2. The Labute approximate surface area is 111 Å². The highest BCUT2D eigenvalue weighted by atomic mass is 16.3. The van der Waals surface area contributed by atoms with Gasteiger partial charge in [0, 0.05) is 0 Å². The van der Waals surface area contributed by atoms with Gasteiger partial charge in [-0.1, -0.05) is 52.0 Å². The molecule has 0 saturated carbocycles. The molecule has 0 aliphatic heterocycles. The summed E-state index contributed by atoms with van der Waals surface area (Å²) in [5, 5.41) is 19.4. The molecule has 0 fully saturated rings. The van der Waals surface area contributed by atoms with E-state index in [0.717, 1.165) is 0 Å². The maximum absolute atomic E-state index is 9.84. The molecule has 0 spiro atoms. The van der Waals surface area contributed by atoms with E-state index in [9.17, 15) is 10.2 Å². The molecule has 2 nitrogen and oxygen atoms in total. The minimum Gasteiger partial charge on any atom is -0.390 e. The zero-order chi connectivity index (χ0) is 13.7. The van der Waals surface area contributed by atoms with E-state index in [1.165, 1.54) is 11.1 Å². The van der Waals surface area contributed by atoms with Gasteiger partial charge in [-0.25, -0.2) is 0 Å². The fourth-order valence-corrected chi connectivity index (χ4v) is 2.14. The van der Waals surface area contributed by atoms with Crippen molar-refractivity contribution in [3.8, 4) is 0 Å². The topological polar surface area (TPSA) is 40.5 Å². The van der Waals surface area contributed by atoms with Crippen LogP contribution >= 0.6 is 0 Å². The normalized spacial score (nSPS) is 16.6. The van der Waals surface area contributed by atoms with Crippen LogP contribution in [0.3, 0.4) is 0 Å². The Kier molecular flexibility index (Phi) is 5.83. The highest BCUT2D eigenvalue weighted by molar-refractivity contribution is 5.26. The molecule has 0 saturated heterocycles. The van der Waals surface area contributed by atoms with E-state index in [4.69, 9.17) is 0 Å². The Hall–Kier alpha value is -0.860. The van der Waals surface area contributed by atoms with Crippen LogP contribution in [0, 0.1) is 0 Å². The van der Waals surface area contributed by atoms with Gasteiger partial charge < -0.3 is 10.2 Å². The molecule has 3 unspecified atom stereocenters. The van der Waals surface area contributed by atoms with Crippen LogP contribution in [0.25, 0.3) is 0 Å². The molecule has 0 bridgehead atoms. The molecular weight excluding hydrogens is 224 g/mol. The maximum Gasteiger partial charge on any atom is 0.0804 e. The van der Waals surface area contributed by atoms with Crippen molar-refractivity contribution in [1.29, 1.82) is 0 Å². The van der Waals surface area contributed by atoms with E-state index >= 15 is 0 Å². The van der Waals surface area contributed by atoms with Crippen LogP contribution < -0.4 is 0 Å². The van der Waals surface area contributed by atoms with Crippen molar-refractivity contribution in [3.05, 3.63) is 35.4 Å². The first-order valence-electron chi connectivity index (χ1n) is 6.91. The second-order valence-corrected chi connectivity index (χ2v) is 5.50. The average Bonchev–Trinajstić information content (AvgIpc) is 2.37. The summed E-state index contributed by atoms with van der Waals surface area (Å²) < 4.78 is 0. The Morgan fingerprint density at radius 2 is 1.39 bits per heavy atom. The summed E-state index contributed by atoms with van der Waals surface area (Å²) in [6.07, 6.45) is -0.0342. The zero-order valence-corrected chi connectivity index (χ0v) is 11.9. The van der Waals surface area contributed by atoms with Gasteiger partial charge >= 0.3 is 0 Å². The molecule has 2 N–H and O–H groups in total. The molecule has 2 heteroatoms. The molecule has 0 aliphatic carbocycles. The van der Waals surface area contributed by atoms with Crippen molar-refractivity contribution in [2.24, 2.45) is 0 Å². The third-order valence-corrected chi connectivity index (χ3v) is 3.63. The molecule has 102 valence electrons. The number of hydrogen-bond donors (Lipinski definition) is 2. The van der Waals surface area contributed by atoms with Gasteiger partial charge in [0.05, 0.1) is 12.2 Å². The Morgan fingerprint density at radius 3 is 1.83 bits per heavy atom. The second kappa shape index (κ2) is 6.91. The summed E-state index contributed by atoms with van der Waals surface area (Å²) >= 11 is 0. The van der Waals surface area contributed by atoms with Gasteiger partial charge in [0.15, 0.2) is 0 Å². The fraction of sp³-hybridized carbons (Fsp3) is 0.625. The Balaban J connectivity index is 2.64. The van der Waals surface area contributed by atoms with Gasteiger partial charge in [-0.2, -0.15) is 0 Å². The molecule has 3 atom stereocenters. The van der Waals surface area contributed by atoms with Gasteiger partial charge in [-0.05, 0) is 35.8 Å². The number of rotatable bonds is 6. The fourth-order valence-electron chi connectivity index (χ4n) is 2.14. The third kappa shape index (κ3) is 4.11. The first-order valence-corrected chi connectivity index (χ1v) is 6.91. The van der Waals surface area contributed by atoms with Crippen LogP contribution in [0.15, 0.2) is 24.3 Å². The summed E-state index contributed by atoms with van der Waals surface area (Å²) in [5.41, 5.74) is 2.56. The number of aliphatic hydroxyl groups excluding tert-OH is 2. The number of hydrogen-bond acceptors (Lipinski definition) is 2. The van der Waals surface area contributed by atoms with E-state index in [1.54, 1.807) is 0 Å². The standard InChI is InChI=1S/C16H26O2/c1-5-15(17)16(18)10-12(4)14-8-6-13(7-9-14)11(2)3/h6-9,11-12,15-18H,5,10H2,1-4H3. The zero-order valence-electron chi connectivity index (χ0n) is 11.9. The molecule has 0 heterocycles. The molecule has 1 rings (SSSR count). The lowest BCUT2D eigenvalue weighted by atomic mass is 9.91. The molecule has 18 heavy (non-hydrogen) atoms. The molecule has 1 aromatic rings. The summed E-state index contributed by atoms with van der Waals surface area (Å²) in [6.45, 7) is 8.34. The van der Waals surface area contributed by atoms with Crippen LogP contribution in [-0.2, 0) is 0 Å². The Morgan fingerprint density at radius 1 is 0.889 bits per heavy atom. The van der Waals surface area contributed by atoms with Gasteiger partial charge in [0.2, 0.25) is 0 Å². The largest absolute Gasteiger partial charge is 0.390 e. The predicted molar refractivity (Wildman–Crippen MR) is 75.9 cm³/mol. The maximum atomic E-state index is 9.84. The lowest BCUT2D eigenvalue weighted by molar-refractivity contribution is 0.00953. The van der Waals surface area contributed by atoms with Crippen LogP contribution in [0.2, 0.25) is 0 Å². The van der Waals surface area contributed by atoms with Crippen molar-refractivity contribution >= 4 is 0 Å². The molecular formula is C16H26O2. The molecule has 0 aromatic heterocycles. The minimum atomic E-state index is -0.630. The number of aliphatic hydroxyl groups is 2. The van der Waals surface area contributed by atoms with E-state index in [1.807, 2.05) is 6.92 Å². The smallest absolute Gasteiger partial charge is 0.0804 e. The third-order valence-electron chi connectivity index (χ3n) is 3.63. The van der Waals surface area contributed by atoms with Crippen LogP contribution in [0.4, 0.5) is 0 Å². The summed E-state index contributed by atoms with van der Waals surface area (Å²) in [5.74, 6) is 0.810. The monoisotopic (exact) mass is 250 g/mol. The summed E-state index contributed by atoms with van der Waals surface area (Å²) in [7, 11) is 0. The van der Waals surface area contributed by atoms with Gasteiger partial charge in [-0.15, -0.1) is 0 Å². The quantitative estimate of drug-likeness (QED) is 0.812. The highest BCUT2D eigenvalue weighted by Gasteiger charge is 2.18. The van der Waals surface area contributed by atoms with Gasteiger partial charge in [-0.3, -0.25) is 0 Å². The van der Waals surface area contributed by atoms with Gasteiger partial charge in [0.25, 0.3) is 0 Å². The van der Waals surface area contributed by atoms with E-state index in [0.29, 0.717) is 18.8 Å². The molecule has 0 aliphatic rings. The summed E-state index contributed by atoms with van der Waals surface area (Å²) in [4.78, 5) is 0. The SMILES string of the molecule is CCC(O)C(O)CC(C)c1ccc(C(C)C)cc1. The predicted octanol–water partition coefficient (Wildman–Crippen LogP) is 3.44. The van der Waals surface area contributed by atoms with Crippen molar-refractivity contribution in [2.45, 2.75) is 64.6 Å². The van der Waals surface area contributed by atoms with Crippen molar-refractivity contribution in [2.75, 3.05) is 0 Å². The van der Waals surface area contributed by atoms with E-state index in [2.05, 4.69) is 45.0 Å². The van der Waals surface area contributed by atoms with Crippen molar-refractivity contribution < 1.29 is 10.2 Å². The van der Waals surface area contributed by atoms with Crippen LogP contribution in [0.5, 0.6) is 0 Å². The molecule has 1 aromatic carbocycles. The van der Waals surface area contributed by atoms with Crippen LogP contribution in [0.1, 0.15) is 63.5 Å². The number of benzene rings is 1. The average molecular weight is 250 g/mol. The lowest BCUT2D eigenvalue weighted by Crippen LogP contribution is -2.26. The van der Waals surface area contributed by atoms with Crippen LogP contribution in [-0.4, -0.2) is 22.4 Å². The second-order valence-electron chi connectivity index (χ2n) is 5.50. The molecule has 0 radical (unpaired) electrons. The van der Waals surface area contributed by atoms with E-state index in [-0.39, 0.29) is 5.92 Å². The Bertz CT molecular complexity index is 343. The highest BCUT2D eigenvalue weighted by Crippen LogP contribution is 2.24.